The van der Waals surface area contributed by atoms with Crippen LogP contribution in [0.15, 0.2) is 23.3 Å². The van der Waals surface area contributed by atoms with Gasteiger partial charge < -0.3 is 72.2 Å². The number of rotatable bonds is 14. The second kappa shape index (κ2) is 21.7. The average Bonchev–Trinajstić information content (AvgIpc) is 3.61. The molecule has 4 saturated heterocycles. The molecule has 18 unspecified atom stereocenters. The number of carbonyl (C=O) groups is 2. The van der Waals surface area contributed by atoms with Crippen LogP contribution in [0.2, 0.25) is 0 Å². The lowest BCUT2D eigenvalue weighted by atomic mass is 9.45. The van der Waals surface area contributed by atoms with Crippen molar-refractivity contribution in [1.82, 2.24) is 0 Å². The number of hydrogen-bond acceptors (Lipinski definition) is 17. The molecule has 17 nitrogen and oxygen atoms in total. The van der Waals surface area contributed by atoms with E-state index in [0.29, 0.717) is 50.5 Å². The van der Waals surface area contributed by atoms with E-state index < -0.39 is 115 Å². The maximum Gasteiger partial charge on any atom is 0.333 e. The zero-order chi connectivity index (χ0) is 50.6. The van der Waals surface area contributed by atoms with E-state index >= 15 is 0 Å². The van der Waals surface area contributed by atoms with E-state index in [4.69, 9.17) is 56.8 Å². The van der Waals surface area contributed by atoms with E-state index in [2.05, 4.69) is 13.0 Å². The Bertz CT molecular complexity index is 1880. The van der Waals surface area contributed by atoms with Gasteiger partial charge in [-0.25, -0.2) is 4.79 Å². The lowest BCUT2D eigenvalue weighted by Gasteiger charge is -2.63. The molecular weight excluding hydrogens is 909 g/mol. The van der Waals surface area contributed by atoms with Crippen LogP contribution in [-0.4, -0.2) is 165 Å². The number of aliphatic hydroxyl groups excluding tert-OH is 2. The van der Waals surface area contributed by atoms with Crippen LogP contribution in [0.4, 0.5) is 0 Å². The summed E-state index contributed by atoms with van der Waals surface area (Å²) >= 11 is 0. The van der Waals surface area contributed by atoms with Gasteiger partial charge in [0.15, 0.2) is 25.2 Å². The summed E-state index contributed by atoms with van der Waals surface area (Å²) < 4.78 is 75.0. The van der Waals surface area contributed by atoms with E-state index in [9.17, 15) is 24.9 Å². The molecule has 0 aromatic rings. The van der Waals surface area contributed by atoms with Crippen LogP contribution in [0.5, 0.6) is 0 Å². The molecule has 70 heavy (non-hydrogen) atoms. The van der Waals surface area contributed by atoms with Crippen LogP contribution >= 0.6 is 0 Å². The molecule has 4 aliphatic carbocycles. The second-order valence-corrected chi connectivity index (χ2v) is 22.3. The van der Waals surface area contributed by atoms with Crippen LogP contribution in [0, 0.1) is 28.6 Å². The zero-order valence-corrected chi connectivity index (χ0v) is 43.6. The monoisotopic (exact) mass is 993 g/mol. The van der Waals surface area contributed by atoms with Crippen LogP contribution in [0.3, 0.4) is 0 Å². The molecule has 0 radical (unpaired) electrons. The summed E-state index contributed by atoms with van der Waals surface area (Å²) in [6.07, 6.45) is 0.405. The fourth-order valence-corrected chi connectivity index (χ4v) is 14.2. The molecule has 3 saturated carbocycles. The number of ketones is 1. The van der Waals surface area contributed by atoms with Crippen molar-refractivity contribution in [3.63, 3.8) is 0 Å². The lowest BCUT2D eigenvalue weighted by Crippen LogP contribution is -2.66. The molecular formula is C53H84O17. The predicted molar refractivity (Wildman–Crippen MR) is 252 cm³/mol. The van der Waals surface area contributed by atoms with Gasteiger partial charge in [-0.3, -0.25) is 4.79 Å². The quantitative estimate of drug-likeness (QED) is 0.110. The van der Waals surface area contributed by atoms with Crippen LogP contribution < -0.4 is 0 Å². The SMILES string of the molecule is C/C=C(\C)C(=O)O[C@@H]1CC2C(CC=C3C[C@@H](OC4CC(OC)C(OC5CC(OC)C(OC6CC(O)C(OC7CC(OC)C(O)C(C)O7)C(C)O6)C(C)O5)[C@@H](C)O4)CC[C@@]32C)[C@@]2(O)CCC(C(C)=O)[C@@]12C. The Morgan fingerprint density at radius 3 is 1.77 bits per heavy atom. The van der Waals surface area contributed by atoms with Gasteiger partial charge in [0.05, 0.1) is 60.5 Å². The lowest BCUT2D eigenvalue weighted by molar-refractivity contribution is -0.346. The summed E-state index contributed by atoms with van der Waals surface area (Å²) in [6.45, 7) is 16.9. The number of fused-ring (bicyclic) bond motifs is 5. The van der Waals surface area contributed by atoms with Gasteiger partial charge in [-0.1, -0.05) is 31.6 Å². The Labute approximate surface area is 414 Å². The number of esters is 1. The van der Waals surface area contributed by atoms with E-state index in [1.54, 1.807) is 48.2 Å². The first-order valence-corrected chi connectivity index (χ1v) is 26.1. The molecule has 0 amide bonds. The molecule has 0 aromatic heterocycles. The molecule has 3 N–H and O–H groups in total. The van der Waals surface area contributed by atoms with Gasteiger partial charge in [0.2, 0.25) is 0 Å². The highest BCUT2D eigenvalue weighted by atomic mass is 16.8. The molecule has 24 atom stereocenters. The number of hydrogen-bond donors (Lipinski definition) is 3. The number of ether oxygens (including phenoxy) is 12. The van der Waals surface area contributed by atoms with Gasteiger partial charge in [0.1, 0.15) is 36.3 Å². The predicted octanol–water partition coefficient (Wildman–Crippen LogP) is 5.60. The van der Waals surface area contributed by atoms with Crippen molar-refractivity contribution in [3.05, 3.63) is 23.3 Å². The molecule has 4 aliphatic heterocycles. The molecule has 0 spiro atoms. The maximum absolute atomic E-state index is 13.3. The molecule has 17 heteroatoms. The molecule has 398 valence electrons. The normalized spacial score (nSPS) is 49.8. The maximum atomic E-state index is 13.3. The Morgan fingerprint density at radius 2 is 1.21 bits per heavy atom. The van der Waals surface area contributed by atoms with Crippen molar-refractivity contribution in [1.29, 1.82) is 0 Å². The van der Waals surface area contributed by atoms with Crippen molar-refractivity contribution in [2.24, 2.45) is 28.6 Å². The van der Waals surface area contributed by atoms with Crippen molar-refractivity contribution in [3.8, 4) is 0 Å². The highest BCUT2D eigenvalue weighted by Crippen LogP contribution is 2.68. The zero-order valence-electron chi connectivity index (χ0n) is 43.6. The van der Waals surface area contributed by atoms with Gasteiger partial charge in [-0.05, 0) is 111 Å². The topological polar surface area (TPSA) is 206 Å². The summed E-state index contributed by atoms with van der Waals surface area (Å²) in [7, 11) is 4.85. The van der Waals surface area contributed by atoms with Crippen molar-refractivity contribution < 1.29 is 81.8 Å². The Hall–Kier alpha value is -1.94. The number of Topliss-reactive ketones (excluding diaryl/α,β-unsaturated/α-hetero) is 1. The van der Waals surface area contributed by atoms with E-state index in [0.717, 1.165) is 19.3 Å². The fraction of sp³-hybridized carbons (Fsp3) is 0.887. The molecule has 0 aromatic carbocycles. The highest BCUT2D eigenvalue weighted by Gasteiger charge is 2.71. The summed E-state index contributed by atoms with van der Waals surface area (Å²) in [5.74, 6) is -0.738. The third kappa shape index (κ3) is 10.1. The molecule has 4 heterocycles. The largest absolute Gasteiger partial charge is 0.458 e. The van der Waals surface area contributed by atoms with Crippen molar-refractivity contribution >= 4 is 11.8 Å². The number of allylic oxidation sites excluding steroid dienone is 2. The first-order valence-electron chi connectivity index (χ1n) is 26.1. The average molecular weight is 993 g/mol. The molecule has 0 bridgehead atoms. The Kier molecular flexibility index (Phi) is 16.9. The van der Waals surface area contributed by atoms with Gasteiger partial charge in [0, 0.05) is 63.9 Å². The first-order chi connectivity index (χ1) is 33.2. The smallest absolute Gasteiger partial charge is 0.333 e. The summed E-state index contributed by atoms with van der Waals surface area (Å²) in [6, 6.07) is 0. The summed E-state index contributed by atoms with van der Waals surface area (Å²) in [5, 5.41) is 34.5. The third-order valence-electron chi connectivity index (χ3n) is 18.5. The third-order valence-corrected chi connectivity index (χ3v) is 18.5. The van der Waals surface area contributed by atoms with Crippen LogP contribution in [0.25, 0.3) is 0 Å². The van der Waals surface area contributed by atoms with Crippen molar-refractivity contribution in [2.45, 2.75) is 249 Å². The van der Waals surface area contributed by atoms with E-state index in [-0.39, 0.29) is 47.6 Å². The van der Waals surface area contributed by atoms with Gasteiger partial charge in [0.25, 0.3) is 0 Å². The standard InChI is InChI=1S/C53H84O17/c1-13-26(2)50(57)67-41-21-36-35(53(58)19-17-34(27(3)54)52(41,53)9)15-14-32-20-33(16-18-51(32,36)8)66-43-24-39(60-11)49(30(6)64-43)70-45-25-40(61-12)48(31(7)65-45)69-42-22-37(55)47(29(5)63-42)68-44-23-38(59-10)46(56)28(4)62-44/h13-14,28-31,33-49,55-56,58H,15-25H2,1-12H3/b26-13+/t28?,29?,30-,31?,33+,34?,35?,36?,37?,38?,39?,40?,41-,42?,43?,44?,45?,46?,47?,48?,49?,51+,52+,53+/m1/s1. The van der Waals surface area contributed by atoms with Crippen molar-refractivity contribution in [2.75, 3.05) is 21.3 Å². The van der Waals surface area contributed by atoms with E-state index in [1.165, 1.54) is 5.57 Å². The van der Waals surface area contributed by atoms with E-state index in [1.807, 2.05) is 34.6 Å². The minimum absolute atomic E-state index is 0.0387. The summed E-state index contributed by atoms with van der Waals surface area (Å²) in [4.78, 5) is 26.5. The second-order valence-electron chi connectivity index (χ2n) is 22.3. The number of methoxy groups -OCH3 is 3. The molecule has 8 rings (SSSR count). The number of aliphatic hydroxyl groups is 3. The van der Waals surface area contributed by atoms with Gasteiger partial charge in [-0.2, -0.15) is 0 Å². The summed E-state index contributed by atoms with van der Waals surface area (Å²) in [5.41, 5.74) is -0.451. The Morgan fingerprint density at radius 1 is 0.686 bits per heavy atom. The molecule has 7 fully saturated rings. The van der Waals surface area contributed by atoms with Gasteiger partial charge >= 0.3 is 5.97 Å². The van der Waals surface area contributed by atoms with Crippen LogP contribution in [-0.2, 0) is 66.4 Å². The highest BCUT2D eigenvalue weighted by molar-refractivity contribution is 5.88. The molecule has 8 aliphatic rings. The number of carbonyl (C=O) groups excluding carboxylic acids is 2. The minimum Gasteiger partial charge on any atom is -0.458 e. The fourth-order valence-electron chi connectivity index (χ4n) is 14.2. The first kappa shape index (κ1) is 54.3. The Balaban J connectivity index is 0.850. The van der Waals surface area contributed by atoms with Gasteiger partial charge in [-0.15, -0.1) is 0 Å². The van der Waals surface area contributed by atoms with Crippen LogP contribution in [0.1, 0.15) is 133 Å². The minimum atomic E-state index is -1.15.